The Balaban J connectivity index is 0.000000124. The Bertz CT molecular complexity index is 6080. The molecule has 8 N–H and O–H groups in total. The number of para-hydroxylation sites is 3. The number of fused-ring (bicyclic) bond motifs is 3. The van der Waals surface area contributed by atoms with Gasteiger partial charge in [0, 0.05) is 115 Å². The zero-order chi connectivity index (χ0) is 83.1. The van der Waals surface area contributed by atoms with Crippen molar-refractivity contribution in [3.8, 4) is 168 Å². The summed E-state index contributed by atoms with van der Waals surface area (Å²) >= 11 is 0. The molecule has 13 nitrogen and oxygen atoms in total. The third kappa shape index (κ3) is 17.7. The lowest BCUT2D eigenvalue weighted by atomic mass is 9.99. The van der Waals surface area contributed by atoms with E-state index in [1.807, 2.05) is 73.2 Å². The van der Waals surface area contributed by atoms with E-state index in [1.54, 1.807) is 0 Å². The smallest absolute Gasteiger partial charge is 0.300 e. The SMILES string of the molecule is CC(=O)O.CC(=O)O.c1ccc(-c2ccc(-c3nc(-c4c[nH]c5ccccc45)[nH]c3-c3ccc(-c4ccccc4)cc3)cc2)cc1.c1ccc(-c2ccc(-c3nc(-c4c[nH]c5ccccc45)[nH]c3-c3ccc(-c4ccccc4)cc3)cc2)cc1.c1ccc(-c2ccc(-c3nc(-c4c[nH]c5ccccc45)[nH]c3-c3ccc(-c4ccccc4)cc3)cc2)cc1. The Hall–Kier alpha value is -16.5. The van der Waals surface area contributed by atoms with Gasteiger partial charge in [-0.15, -0.1) is 0 Å². The number of carbonyl (C=O) groups is 2. The van der Waals surface area contributed by atoms with E-state index in [9.17, 15) is 0 Å². The minimum absolute atomic E-state index is 0.833. The Morgan fingerprint density at radius 3 is 0.557 bits per heavy atom. The summed E-state index contributed by atoms with van der Waals surface area (Å²) in [7, 11) is 0. The number of imidazole rings is 3. The fourth-order valence-corrected chi connectivity index (χ4v) is 15.3. The molecule has 13 heteroatoms. The first-order chi connectivity index (χ1) is 60.0. The number of aromatic amines is 6. The quantitative estimate of drug-likeness (QED) is 0.0498. The summed E-state index contributed by atoms with van der Waals surface area (Å²) in [6, 6.07) is 140. The van der Waals surface area contributed by atoms with E-state index in [0.29, 0.717) is 0 Å². The van der Waals surface area contributed by atoms with Crippen molar-refractivity contribution in [1.29, 1.82) is 0 Å². The van der Waals surface area contributed by atoms with Crippen molar-refractivity contribution in [3.63, 3.8) is 0 Å². The lowest BCUT2D eigenvalue weighted by Gasteiger charge is -2.07. The predicted molar refractivity (Wildman–Crippen MR) is 499 cm³/mol. The van der Waals surface area contributed by atoms with Crippen molar-refractivity contribution in [2.45, 2.75) is 13.8 Å². The van der Waals surface area contributed by atoms with Crippen LogP contribution < -0.4 is 0 Å². The summed E-state index contributed by atoms with van der Waals surface area (Å²) in [5.41, 5.74) is 33.3. The van der Waals surface area contributed by atoms with Gasteiger partial charge >= 0.3 is 0 Å². The number of carboxylic acids is 2. The van der Waals surface area contributed by atoms with Gasteiger partial charge in [-0.25, -0.2) is 15.0 Å². The highest BCUT2D eigenvalue weighted by molar-refractivity contribution is 5.99. The van der Waals surface area contributed by atoms with E-state index >= 15 is 0 Å². The molecule has 122 heavy (non-hydrogen) atoms. The molecule has 0 saturated heterocycles. The van der Waals surface area contributed by atoms with E-state index in [0.717, 1.165) is 148 Å². The lowest BCUT2D eigenvalue weighted by molar-refractivity contribution is -0.135. The maximum absolute atomic E-state index is 9.00. The maximum Gasteiger partial charge on any atom is 0.300 e. The minimum atomic E-state index is -0.833. The van der Waals surface area contributed by atoms with Crippen molar-refractivity contribution in [2.24, 2.45) is 0 Å². The predicted octanol–water partition coefficient (Wildman–Crippen LogP) is 27.9. The van der Waals surface area contributed by atoms with Crippen LogP contribution in [-0.2, 0) is 9.59 Å². The van der Waals surface area contributed by atoms with E-state index in [2.05, 4.69) is 376 Å². The second kappa shape index (κ2) is 36.3. The highest BCUT2D eigenvalue weighted by atomic mass is 16.4. The molecule has 0 unspecified atom stereocenters. The van der Waals surface area contributed by atoms with Gasteiger partial charge in [0.15, 0.2) is 0 Å². The van der Waals surface area contributed by atoms with Crippen LogP contribution in [0.4, 0.5) is 0 Å². The molecule has 21 aromatic rings. The number of H-pyrrole nitrogens is 6. The van der Waals surface area contributed by atoms with Gasteiger partial charge in [0.05, 0.1) is 34.2 Å². The summed E-state index contributed by atoms with van der Waals surface area (Å²) < 4.78 is 0. The number of hydrogen-bond donors (Lipinski definition) is 8. The van der Waals surface area contributed by atoms with Crippen molar-refractivity contribution >= 4 is 44.6 Å². The molecule has 0 atom stereocenters. The van der Waals surface area contributed by atoms with Crippen LogP contribution in [0.1, 0.15) is 13.8 Å². The number of rotatable bonds is 15. The number of benzene rings is 15. The van der Waals surface area contributed by atoms with E-state index in [4.69, 9.17) is 34.8 Å². The molecule has 0 aliphatic carbocycles. The number of hydrogen-bond acceptors (Lipinski definition) is 5. The van der Waals surface area contributed by atoms with E-state index in [1.165, 1.54) is 66.8 Å². The first-order valence-electron chi connectivity index (χ1n) is 40.3. The molecule has 0 aliphatic rings. The zero-order valence-electron chi connectivity index (χ0n) is 66.9. The van der Waals surface area contributed by atoms with Crippen LogP contribution in [0.15, 0.2) is 419 Å². The normalized spacial score (nSPS) is 10.8. The van der Waals surface area contributed by atoms with Gasteiger partial charge in [0.1, 0.15) is 17.5 Å². The second-order valence-electron chi connectivity index (χ2n) is 29.4. The Kier molecular flexibility index (Phi) is 23.2. The minimum Gasteiger partial charge on any atom is -0.481 e. The molecular formula is C109H83N9O4. The van der Waals surface area contributed by atoms with Gasteiger partial charge in [-0.1, -0.05) is 382 Å². The van der Waals surface area contributed by atoms with Gasteiger partial charge < -0.3 is 40.1 Å². The third-order valence-electron chi connectivity index (χ3n) is 21.3. The largest absolute Gasteiger partial charge is 0.481 e. The first-order valence-corrected chi connectivity index (χ1v) is 40.3. The summed E-state index contributed by atoms with van der Waals surface area (Å²) in [6.07, 6.45) is 6.11. The molecule has 0 aliphatic heterocycles. The highest BCUT2D eigenvalue weighted by Gasteiger charge is 2.23. The van der Waals surface area contributed by atoms with Gasteiger partial charge in [-0.05, 0) is 85.0 Å². The summed E-state index contributed by atoms with van der Waals surface area (Å²) in [5.74, 6) is 0.894. The van der Waals surface area contributed by atoms with E-state index < -0.39 is 11.9 Å². The Morgan fingerprint density at radius 1 is 0.205 bits per heavy atom. The monoisotopic (exact) mass is 1580 g/mol. The summed E-state index contributed by atoms with van der Waals surface area (Å²) in [6.45, 7) is 2.17. The molecule has 6 aromatic heterocycles. The Labute approximate surface area is 706 Å². The van der Waals surface area contributed by atoms with Crippen LogP contribution in [0, 0.1) is 0 Å². The van der Waals surface area contributed by atoms with Crippen LogP contribution in [0.5, 0.6) is 0 Å². The number of carboxylic acid groups (broad SMARTS) is 2. The first kappa shape index (κ1) is 78.0. The van der Waals surface area contributed by atoms with Crippen LogP contribution in [0.25, 0.3) is 201 Å². The molecular weight excluding hydrogens is 1500 g/mol. The Morgan fingerprint density at radius 2 is 0.361 bits per heavy atom. The lowest BCUT2D eigenvalue weighted by Crippen LogP contribution is -1.85. The van der Waals surface area contributed by atoms with Crippen LogP contribution in [0.3, 0.4) is 0 Å². The number of aliphatic carboxylic acids is 2. The van der Waals surface area contributed by atoms with Crippen LogP contribution in [-0.4, -0.2) is 67.0 Å². The molecule has 0 radical (unpaired) electrons. The summed E-state index contributed by atoms with van der Waals surface area (Å²) in [5, 5.41) is 18.3. The molecule has 588 valence electrons. The highest BCUT2D eigenvalue weighted by Crippen LogP contribution is 2.42. The molecule has 21 rings (SSSR count). The molecule has 0 amide bonds. The fourth-order valence-electron chi connectivity index (χ4n) is 15.3. The van der Waals surface area contributed by atoms with Crippen LogP contribution in [0.2, 0.25) is 0 Å². The van der Waals surface area contributed by atoms with Gasteiger partial charge in [0.25, 0.3) is 11.9 Å². The molecule has 0 fully saturated rings. The van der Waals surface area contributed by atoms with Gasteiger partial charge in [0.2, 0.25) is 0 Å². The van der Waals surface area contributed by atoms with E-state index in [-0.39, 0.29) is 0 Å². The summed E-state index contributed by atoms with van der Waals surface area (Å²) in [4.78, 5) is 54.6. The zero-order valence-corrected chi connectivity index (χ0v) is 66.9. The van der Waals surface area contributed by atoms with Gasteiger partial charge in [-0.2, -0.15) is 0 Å². The maximum atomic E-state index is 9.00. The van der Waals surface area contributed by atoms with Gasteiger partial charge in [-0.3, -0.25) is 9.59 Å². The van der Waals surface area contributed by atoms with Crippen molar-refractivity contribution in [2.75, 3.05) is 0 Å². The fraction of sp³-hybridized carbons (Fsp3) is 0.0183. The standard InChI is InChI=1S/3C35H25N3.2C2H4O2/c3*1-3-9-24(10-4-1)26-15-19-28(20-16-26)33-34(29-21-17-27(18-22-29)25-11-5-2-6-12-25)38-35(37-33)31-23-36-32-14-8-7-13-30(31)32;2*1-2(3)4/h3*1-23,36H,(H,37,38);2*1H3,(H,3,4). The van der Waals surface area contributed by atoms with Crippen molar-refractivity contribution in [1.82, 2.24) is 44.9 Å². The molecule has 15 aromatic carbocycles. The van der Waals surface area contributed by atoms with Crippen LogP contribution >= 0.6 is 0 Å². The average Bonchev–Trinajstić information content (AvgIpc) is 1.59. The average molecular weight is 1580 g/mol. The molecule has 0 saturated carbocycles. The number of nitrogens with zero attached hydrogens (tertiary/aromatic N) is 3. The van der Waals surface area contributed by atoms with Crippen molar-refractivity contribution in [3.05, 3.63) is 419 Å². The number of aromatic nitrogens is 9. The van der Waals surface area contributed by atoms with Crippen molar-refractivity contribution < 1.29 is 19.8 Å². The third-order valence-corrected chi connectivity index (χ3v) is 21.3. The number of nitrogens with one attached hydrogen (secondary N) is 6. The molecule has 0 bridgehead atoms. The second-order valence-corrected chi connectivity index (χ2v) is 29.4. The topological polar surface area (TPSA) is 208 Å². The molecule has 6 heterocycles. The molecule has 0 spiro atoms.